The van der Waals surface area contributed by atoms with E-state index in [0.29, 0.717) is 43.4 Å². The van der Waals surface area contributed by atoms with Gasteiger partial charge < -0.3 is 19.5 Å². The van der Waals surface area contributed by atoms with E-state index in [2.05, 4.69) is 5.32 Å². The van der Waals surface area contributed by atoms with E-state index in [1.54, 1.807) is 25.3 Å². The van der Waals surface area contributed by atoms with Crippen LogP contribution in [0.4, 0.5) is 0 Å². The second-order valence-corrected chi connectivity index (χ2v) is 3.77. The lowest BCUT2D eigenvalue weighted by molar-refractivity contribution is 0.0933. The van der Waals surface area contributed by atoms with Gasteiger partial charge in [0.05, 0.1) is 25.4 Å². The Morgan fingerprint density at radius 2 is 1.95 bits per heavy atom. The van der Waals surface area contributed by atoms with Crippen molar-refractivity contribution in [3.05, 3.63) is 23.8 Å². The fourth-order valence-electron chi connectivity index (χ4n) is 1.58. The molecule has 0 aliphatic rings. The lowest BCUT2D eigenvalue weighted by Crippen LogP contribution is -2.27. The molecule has 0 spiro atoms. The minimum atomic E-state index is -0.177. The Balaban J connectivity index is 2.82. The Labute approximate surface area is 113 Å². The number of carbonyl (C=O) groups is 1. The van der Waals surface area contributed by atoms with Crippen molar-refractivity contribution in [2.45, 2.75) is 13.8 Å². The van der Waals surface area contributed by atoms with Gasteiger partial charge in [-0.1, -0.05) is 0 Å². The van der Waals surface area contributed by atoms with Crippen LogP contribution in [-0.2, 0) is 4.74 Å². The summed E-state index contributed by atoms with van der Waals surface area (Å²) in [7, 11) is 1.59. The Hall–Kier alpha value is -1.75. The molecule has 0 radical (unpaired) electrons. The first-order chi connectivity index (χ1) is 9.22. The van der Waals surface area contributed by atoms with E-state index < -0.39 is 0 Å². The molecule has 1 amide bonds. The predicted octanol–water partition coefficient (Wildman–Crippen LogP) is 1.86. The summed E-state index contributed by atoms with van der Waals surface area (Å²) >= 11 is 0. The number of hydrogen-bond donors (Lipinski definition) is 1. The molecule has 0 aliphatic heterocycles. The van der Waals surface area contributed by atoms with E-state index in [-0.39, 0.29) is 5.91 Å². The molecule has 1 aromatic rings. The number of benzene rings is 1. The fraction of sp³-hybridized carbons (Fsp3) is 0.500. The molecule has 1 rings (SSSR count). The Morgan fingerprint density at radius 1 is 1.21 bits per heavy atom. The molecule has 1 N–H and O–H groups in total. The van der Waals surface area contributed by atoms with Gasteiger partial charge in [-0.15, -0.1) is 0 Å². The normalized spacial score (nSPS) is 10.1. The summed E-state index contributed by atoms with van der Waals surface area (Å²) in [4.78, 5) is 12.0. The monoisotopic (exact) mass is 267 g/mol. The molecule has 5 nitrogen and oxygen atoms in total. The van der Waals surface area contributed by atoms with E-state index in [1.807, 2.05) is 13.8 Å². The highest BCUT2D eigenvalue weighted by Gasteiger charge is 2.13. The average Bonchev–Trinajstić information content (AvgIpc) is 2.40. The van der Waals surface area contributed by atoms with Crippen LogP contribution in [0.5, 0.6) is 11.5 Å². The van der Waals surface area contributed by atoms with Crippen molar-refractivity contribution >= 4 is 5.91 Å². The van der Waals surface area contributed by atoms with Gasteiger partial charge in [0.2, 0.25) is 0 Å². The van der Waals surface area contributed by atoms with Crippen molar-refractivity contribution in [1.29, 1.82) is 0 Å². The zero-order chi connectivity index (χ0) is 14.1. The zero-order valence-corrected chi connectivity index (χ0v) is 11.7. The maximum Gasteiger partial charge on any atom is 0.255 e. The van der Waals surface area contributed by atoms with Crippen LogP contribution < -0.4 is 14.8 Å². The largest absolute Gasteiger partial charge is 0.494 e. The van der Waals surface area contributed by atoms with Gasteiger partial charge in [-0.25, -0.2) is 0 Å². The molecule has 1 aromatic carbocycles. The van der Waals surface area contributed by atoms with Crippen LogP contribution >= 0.6 is 0 Å². The number of carbonyl (C=O) groups excluding carboxylic acids is 1. The third-order valence-corrected chi connectivity index (χ3v) is 2.40. The fourth-order valence-corrected chi connectivity index (χ4v) is 1.58. The molecular formula is C14H21NO4. The van der Waals surface area contributed by atoms with Crippen molar-refractivity contribution in [2.75, 3.05) is 33.5 Å². The Bertz CT molecular complexity index is 406. The molecule has 0 unspecified atom stereocenters. The van der Waals surface area contributed by atoms with Crippen molar-refractivity contribution in [1.82, 2.24) is 5.32 Å². The molecule has 0 aromatic heterocycles. The quantitative estimate of drug-likeness (QED) is 0.730. The van der Waals surface area contributed by atoms with Crippen molar-refractivity contribution in [3.8, 4) is 11.5 Å². The second-order valence-electron chi connectivity index (χ2n) is 3.77. The highest BCUT2D eigenvalue weighted by atomic mass is 16.5. The van der Waals surface area contributed by atoms with Crippen LogP contribution in [0.1, 0.15) is 24.2 Å². The highest BCUT2D eigenvalue weighted by Crippen LogP contribution is 2.25. The van der Waals surface area contributed by atoms with Crippen LogP contribution in [-0.4, -0.2) is 39.4 Å². The number of hydrogen-bond acceptors (Lipinski definition) is 4. The van der Waals surface area contributed by atoms with Gasteiger partial charge in [0, 0.05) is 19.7 Å². The molecule has 0 atom stereocenters. The van der Waals surface area contributed by atoms with Crippen LogP contribution in [0, 0.1) is 0 Å². The van der Waals surface area contributed by atoms with Gasteiger partial charge in [0.25, 0.3) is 5.91 Å². The summed E-state index contributed by atoms with van der Waals surface area (Å²) in [5.41, 5.74) is 0.501. The SMILES string of the molecule is CCOc1ccc(C(=O)NCCOC)c(OCC)c1. The molecule has 19 heavy (non-hydrogen) atoms. The maximum atomic E-state index is 12.0. The molecule has 0 saturated carbocycles. The lowest BCUT2D eigenvalue weighted by atomic mass is 10.1. The van der Waals surface area contributed by atoms with Crippen LogP contribution in [0.25, 0.3) is 0 Å². The van der Waals surface area contributed by atoms with E-state index >= 15 is 0 Å². The third kappa shape index (κ3) is 4.79. The summed E-state index contributed by atoms with van der Waals surface area (Å²) in [6.07, 6.45) is 0. The second kappa shape index (κ2) is 8.37. The summed E-state index contributed by atoms with van der Waals surface area (Å²) in [6.45, 7) is 5.80. The number of methoxy groups -OCH3 is 1. The zero-order valence-electron chi connectivity index (χ0n) is 11.7. The standard InChI is InChI=1S/C14H21NO4/c1-4-18-11-6-7-12(13(10-11)19-5-2)14(16)15-8-9-17-3/h6-7,10H,4-5,8-9H2,1-3H3,(H,15,16). The minimum absolute atomic E-state index is 0.177. The van der Waals surface area contributed by atoms with Gasteiger partial charge in [-0.3, -0.25) is 4.79 Å². The maximum absolute atomic E-state index is 12.0. The molecule has 5 heteroatoms. The van der Waals surface area contributed by atoms with Gasteiger partial charge >= 0.3 is 0 Å². The van der Waals surface area contributed by atoms with Crippen molar-refractivity contribution in [2.24, 2.45) is 0 Å². The van der Waals surface area contributed by atoms with Crippen LogP contribution in [0.2, 0.25) is 0 Å². The first-order valence-corrected chi connectivity index (χ1v) is 6.39. The number of amides is 1. The summed E-state index contributed by atoms with van der Waals surface area (Å²) in [5.74, 6) is 1.05. The Morgan fingerprint density at radius 3 is 2.58 bits per heavy atom. The topological polar surface area (TPSA) is 56.8 Å². The van der Waals surface area contributed by atoms with E-state index in [0.717, 1.165) is 0 Å². The smallest absolute Gasteiger partial charge is 0.255 e. The van der Waals surface area contributed by atoms with E-state index in [1.165, 1.54) is 0 Å². The summed E-state index contributed by atoms with van der Waals surface area (Å²) in [5, 5.41) is 2.77. The summed E-state index contributed by atoms with van der Waals surface area (Å²) in [6, 6.07) is 5.20. The number of rotatable bonds is 8. The van der Waals surface area contributed by atoms with E-state index in [4.69, 9.17) is 14.2 Å². The van der Waals surface area contributed by atoms with Gasteiger partial charge in [0.1, 0.15) is 11.5 Å². The first-order valence-electron chi connectivity index (χ1n) is 6.39. The molecule has 0 saturated heterocycles. The highest BCUT2D eigenvalue weighted by molar-refractivity contribution is 5.97. The third-order valence-electron chi connectivity index (χ3n) is 2.40. The molecular weight excluding hydrogens is 246 g/mol. The molecule has 0 heterocycles. The van der Waals surface area contributed by atoms with Gasteiger partial charge in [0.15, 0.2) is 0 Å². The minimum Gasteiger partial charge on any atom is -0.494 e. The first kappa shape index (κ1) is 15.3. The van der Waals surface area contributed by atoms with E-state index in [9.17, 15) is 4.79 Å². The van der Waals surface area contributed by atoms with Crippen molar-refractivity contribution < 1.29 is 19.0 Å². The molecule has 0 fully saturated rings. The molecule has 106 valence electrons. The lowest BCUT2D eigenvalue weighted by Gasteiger charge is -2.12. The van der Waals surface area contributed by atoms with Gasteiger partial charge in [-0.05, 0) is 26.0 Å². The molecule has 0 bridgehead atoms. The molecule has 0 aliphatic carbocycles. The van der Waals surface area contributed by atoms with Crippen LogP contribution in [0.3, 0.4) is 0 Å². The number of ether oxygens (including phenoxy) is 3. The number of nitrogens with one attached hydrogen (secondary N) is 1. The van der Waals surface area contributed by atoms with Gasteiger partial charge in [-0.2, -0.15) is 0 Å². The van der Waals surface area contributed by atoms with Crippen molar-refractivity contribution in [3.63, 3.8) is 0 Å². The summed E-state index contributed by atoms with van der Waals surface area (Å²) < 4.78 is 15.8. The van der Waals surface area contributed by atoms with Crippen LogP contribution in [0.15, 0.2) is 18.2 Å². The Kier molecular flexibility index (Phi) is 6.74. The predicted molar refractivity (Wildman–Crippen MR) is 73.0 cm³/mol. The average molecular weight is 267 g/mol.